The van der Waals surface area contributed by atoms with Gasteiger partial charge in [0.1, 0.15) is 6.54 Å². The van der Waals surface area contributed by atoms with Crippen LogP contribution in [0.1, 0.15) is 17.2 Å². The van der Waals surface area contributed by atoms with Crippen molar-refractivity contribution in [1.82, 2.24) is 0 Å². The molecule has 0 aliphatic carbocycles. The second kappa shape index (κ2) is 8.86. The highest BCUT2D eigenvalue weighted by molar-refractivity contribution is 6.35. The van der Waals surface area contributed by atoms with E-state index >= 15 is 0 Å². The molecule has 0 saturated carbocycles. The number of nitrogens with two attached hydrogens (primary N) is 1. The van der Waals surface area contributed by atoms with Crippen molar-refractivity contribution in [3.63, 3.8) is 0 Å². The van der Waals surface area contributed by atoms with Gasteiger partial charge in [-0.25, -0.2) is 0 Å². The molecule has 0 aliphatic rings. The topological polar surface area (TPSA) is 45.7 Å². The Morgan fingerprint density at radius 2 is 1.46 bits per heavy atom. The van der Waals surface area contributed by atoms with E-state index in [0.717, 1.165) is 11.1 Å². The zero-order valence-electron chi connectivity index (χ0n) is 14.0. The number of hydrogen-bond donors (Lipinski definition) is 2. The first-order valence-corrected chi connectivity index (χ1v) is 9.06. The van der Waals surface area contributed by atoms with Crippen molar-refractivity contribution < 1.29 is 10.1 Å². The molecule has 0 spiro atoms. The zero-order valence-corrected chi connectivity index (χ0v) is 15.5. The summed E-state index contributed by atoms with van der Waals surface area (Å²) in [5, 5.41) is 5.91. The lowest BCUT2D eigenvalue weighted by Crippen LogP contribution is -2.85. The molecule has 132 valence electrons. The highest BCUT2D eigenvalue weighted by Crippen LogP contribution is 2.23. The van der Waals surface area contributed by atoms with Crippen LogP contribution in [0.15, 0.2) is 78.9 Å². The number of quaternary nitrogens is 1. The first kappa shape index (κ1) is 18.5. The lowest BCUT2D eigenvalue weighted by molar-refractivity contribution is -0.697. The first-order valence-electron chi connectivity index (χ1n) is 8.31. The van der Waals surface area contributed by atoms with E-state index in [0.29, 0.717) is 22.3 Å². The largest absolute Gasteiger partial charge is 0.328 e. The second-order valence-corrected chi connectivity index (χ2v) is 6.83. The van der Waals surface area contributed by atoms with Gasteiger partial charge in [0.25, 0.3) is 5.91 Å². The molecule has 3 rings (SSSR count). The molecule has 5 heteroatoms. The van der Waals surface area contributed by atoms with Crippen LogP contribution in [-0.4, -0.2) is 5.91 Å². The molecule has 0 radical (unpaired) electrons. The fourth-order valence-electron chi connectivity index (χ4n) is 2.77. The van der Waals surface area contributed by atoms with Gasteiger partial charge in [0, 0.05) is 26.9 Å². The highest BCUT2D eigenvalue weighted by atomic mass is 35.5. The van der Waals surface area contributed by atoms with E-state index in [-0.39, 0.29) is 11.9 Å². The minimum atomic E-state index is -0.380. The fourth-order valence-corrected chi connectivity index (χ4v) is 3.29. The molecule has 1 amide bonds. The van der Waals surface area contributed by atoms with Crippen LogP contribution < -0.4 is 10.6 Å². The number of anilines is 1. The number of carbonyl (C=O) groups is 1. The minimum absolute atomic E-state index is 0.120. The average Bonchev–Trinajstić information content (AvgIpc) is 2.63. The van der Waals surface area contributed by atoms with Crippen molar-refractivity contribution in [2.75, 3.05) is 5.32 Å². The van der Waals surface area contributed by atoms with Gasteiger partial charge in [-0.2, -0.15) is 0 Å². The Kier molecular flexibility index (Phi) is 6.29. The van der Waals surface area contributed by atoms with Crippen LogP contribution >= 0.6 is 23.2 Å². The normalized spacial score (nSPS) is 11.8. The second-order valence-electron chi connectivity index (χ2n) is 5.96. The van der Waals surface area contributed by atoms with Crippen molar-refractivity contribution in [2.45, 2.75) is 12.6 Å². The van der Waals surface area contributed by atoms with Crippen LogP contribution in [0.25, 0.3) is 0 Å². The van der Waals surface area contributed by atoms with Gasteiger partial charge in [0.2, 0.25) is 0 Å². The van der Waals surface area contributed by atoms with Crippen molar-refractivity contribution >= 4 is 34.8 Å². The summed E-state index contributed by atoms with van der Waals surface area (Å²) < 4.78 is 0. The summed E-state index contributed by atoms with van der Waals surface area (Å²) in [4.78, 5) is 12.9. The Labute approximate surface area is 163 Å². The lowest BCUT2D eigenvalue weighted by atomic mass is 10.1. The van der Waals surface area contributed by atoms with Crippen molar-refractivity contribution in [2.24, 2.45) is 0 Å². The third kappa shape index (κ3) is 5.09. The molecule has 3 aromatic rings. The smallest absolute Gasteiger partial charge is 0.287 e. The van der Waals surface area contributed by atoms with E-state index in [9.17, 15) is 4.79 Å². The number of halogens is 2. The van der Waals surface area contributed by atoms with Gasteiger partial charge in [-0.1, -0.05) is 83.9 Å². The molecular formula is C21H19Cl2N2O+. The molecule has 0 saturated heterocycles. The quantitative estimate of drug-likeness (QED) is 0.647. The SMILES string of the molecule is O=C(Nc1cc(Cl)cc(Cl)c1)[C@H]([NH2+]Cc1ccccc1)c1ccccc1. The fraction of sp³-hybridized carbons (Fsp3) is 0.0952. The number of rotatable bonds is 6. The zero-order chi connectivity index (χ0) is 18.4. The summed E-state index contributed by atoms with van der Waals surface area (Å²) in [6, 6.07) is 24.4. The van der Waals surface area contributed by atoms with Gasteiger partial charge in [-0.3, -0.25) is 4.79 Å². The number of nitrogens with one attached hydrogen (secondary N) is 1. The molecule has 0 fully saturated rings. The number of amides is 1. The lowest BCUT2D eigenvalue weighted by Gasteiger charge is -2.16. The molecule has 0 heterocycles. The molecule has 0 aliphatic heterocycles. The predicted octanol–water partition coefficient (Wildman–Crippen LogP) is 4.44. The molecule has 0 bridgehead atoms. The Hall–Kier alpha value is -2.33. The summed E-state index contributed by atoms with van der Waals surface area (Å²) in [5.41, 5.74) is 2.68. The molecule has 3 nitrogen and oxygen atoms in total. The van der Waals surface area contributed by atoms with Gasteiger partial charge in [-0.15, -0.1) is 0 Å². The van der Waals surface area contributed by atoms with Gasteiger partial charge < -0.3 is 10.6 Å². The summed E-state index contributed by atoms with van der Waals surface area (Å²) in [6.07, 6.45) is 0. The monoisotopic (exact) mass is 385 g/mol. The first-order chi connectivity index (χ1) is 12.6. The number of hydrogen-bond acceptors (Lipinski definition) is 1. The third-order valence-electron chi connectivity index (χ3n) is 4.00. The standard InChI is InChI=1S/C21H18Cl2N2O/c22-17-11-18(23)13-19(12-17)25-21(26)20(16-9-5-2-6-10-16)24-14-15-7-3-1-4-8-15/h1-13,20,24H,14H2,(H,25,26)/p+1/t20-/m1/s1. The summed E-state index contributed by atoms with van der Waals surface area (Å²) in [6.45, 7) is 0.699. The van der Waals surface area contributed by atoms with Crippen molar-refractivity contribution in [3.05, 3.63) is 100 Å². The minimum Gasteiger partial charge on any atom is -0.328 e. The molecule has 3 aromatic carbocycles. The predicted molar refractivity (Wildman–Crippen MR) is 106 cm³/mol. The van der Waals surface area contributed by atoms with Gasteiger partial charge in [-0.05, 0) is 18.2 Å². The maximum atomic E-state index is 12.9. The third-order valence-corrected chi connectivity index (χ3v) is 4.44. The molecule has 0 unspecified atom stereocenters. The average molecular weight is 386 g/mol. The molecule has 3 N–H and O–H groups in total. The summed E-state index contributed by atoms with van der Waals surface area (Å²) in [7, 11) is 0. The van der Waals surface area contributed by atoms with Gasteiger partial charge >= 0.3 is 0 Å². The van der Waals surface area contributed by atoms with E-state index in [2.05, 4.69) is 5.32 Å². The van der Waals surface area contributed by atoms with Crippen molar-refractivity contribution in [3.8, 4) is 0 Å². The maximum Gasteiger partial charge on any atom is 0.287 e. The van der Waals surface area contributed by atoms with E-state index < -0.39 is 0 Å². The molecule has 26 heavy (non-hydrogen) atoms. The van der Waals surface area contributed by atoms with Crippen LogP contribution in [0, 0.1) is 0 Å². The molecular weight excluding hydrogens is 367 g/mol. The van der Waals surface area contributed by atoms with Gasteiger partial charge in [0.05, 0.1) is 0 Å². The summed E-state index contributed by atoms with van der Waals surface area (Å²) >= 11 is 12.1. The molecule has 0 aromatic heterocycles. The van der Waals surface area contributed by atoms with Crippen LogP contribution in [-0.2, 0) is 11.3 Å². The van der Waals surface area contributed by atoms with E-state index in [1.54, 1.807) is 18.2 Å². The van der Waals surface area contributed by atoms with Crippen LogP contribution in [0.5, 0.6) is 0 Å². The van der Waals surface area contributed by atoms with Crippen LogP contribution in [0.2, 0.25) is 10.0 Å². The van der Waals surface area contributed by atoms with Crippen LogP contribution in [0.4, 0.5) is 5.69 Å². The van der Waals surface area contributed by atoms with Crippen LogP contribution in [0.3, 0.4) is 0 Å². The Morgan fingerprint density at radius 1 is 0.885 bits per heavy atom. The Bertz CT molecular complexity index is 849. The van der Waals surface area contributed by atoms with Gasteiger partial charge in [0.15, 0.2) is 6.04 Å². The number of carbonyl (C=O) groups excluding carboxylic acids is 1. The Morgan fingerprint density at radius 3 is 2.08 bits per heavy atom. The summed E-state index contributed by atoms with van der Waals surface area (Å²) in [5.74, 6) is -0.120. The van der Waals surface area contributed by atoms with E-state index in [1.807, 2.05) is 66.0 Å². The highest BCUT2D eigenvalue weighted by Gasteiger charge is 2.24. The molecule has 1 atom stereocenters. The maximum absolute atomic E-state index is 12.9. The Balaban J connectivity index is 1.79. The van der Waals surface area contributed by atoms with E-state index in [4.69, 9.17) is 23.2 Å². The number of benzene rings is 3. The van der Waals surface area contributed by atoms with E-state index in [1.165, 1.54) is 0 Å². The van der Waals surface area contributed by atoms with Crippen molar-refractivity contribution in [1.29, 1.82) is 0 Å².